The molecule has 0 bridgehead atoms. The van der Waals surface area contributed by atoms with Crippen molar-refractivity contribution in [2.75, 3.05) is 18.4 Å². The minimum Gasteiger partial charge on any atom is -0.456 e. The number of aryl methyl sites for hydroxylation is 1. The lowest BCUT2D eigenvalue weighted by atomic mass is 9.99. The largest absolute Gasteiger partial charge is 0.456 e. The maximum absolute atomic E-state index is 12.5. The molecule has 1 N–H and O–H groups in total. The van der Waals surface area contributed by atoms with E-state index in [9.17, 15) is 9.59 Å². The third-order valence-corrected chi connectivity index (χ3v) is 6.18. The smallest absolute Gasteiger partial charge is 0.232 e. The molecule has 2 aromatic heterocycles. The number of nitrogens with zero attached hydrogens (tertiary/aromatic N) is 3. The maximum Gasteiger partial charge on any atom is 0.232 e. The van der Waals surface area contributed by atoms with Crippen LogP contribution in [0.4, 0.5) is 5.82 Å². The van der Waals surface area contributed by atoms with Gasteiger partial charge in [-0.25, -0.2) is 0 Å². The minimum absolute atomic E-state index is 0.0136. The van der Waals surface area contributed by atoms with Crippen LogP contribution in [-0.2, 0) is 16.1 Å². The fourth-order valence-electron chi connectivity index (χ4n) is 4.07. The second-order valence-electron chi connectivity index (χ2n) is 8.40. The van der Waals surface area contributed by atoms with Crippen molar-refractivity contribution in [3.8, 4) is 11.3 Å². The van der Waals surface area contributed by atoms with Gasteiger partial charge in [-0.05, 0) is 25.1 Å². The first-order valence-corrected chi connectivity index (χ1v) is 11.1. The van der Waals surface area contributed by atoms with Crippen LogP contribution in [0.25, 0.3) is 22.3 Å². The van der Waals surface area contributed by atoms with Gasteiger partial charge in [0.05, 0.1) is 12.5 Å². The quantitative estimate of drug-likeness (QED) is 0.465. The molecule has 2 amide bonds. The van der Waals surface area contributed by atoms with Crippen LogP contribution in [-0.4, -0.2) is 39.6 Å². The molecule has 3 heterocycles. The molecule has 168 valence electrons. The number of carbonyl (C=O) groups excluding carboxylic acids is 2. The summed E-state index contributed by atoms with van der Waals surface area (Å²) >= 11 is 6.39. The van der Waals surface area contributed by atoms with E-state index < -0.39 is 0 Å². The number of aromatic nitrogens is 2. The molecule has 0 spiro atoms. The Kier molecular flexibility index (Phi) is 5.42. The van der Waals surface area contributed by atoms with Crippen molar-refractivity contribution in [2.45, 2.75) is 20.4 Å². The van der Waals surface area contributed by atoms with Crippen LogP contribution in [0.5, 0.6) is 0 Å². The third kappa shape index (κ3) is 4.24. The van der Waals surface area contributed by atoms with Crippen molar-refractivity contribution in [3.05, 3.63) is 70.9 Å². The summed E-state index contributed by atoms with van der Waals surface area (Å²) in [4.78, 5) is 25.4. The van der Waals surface area contributed by atoms with Crippen LogP contribution in [0.2, 0.25) is 5.02 Å². The van der Waals surface area contributed by atoms with Crippen LogP contribution in [0.1, 0.15) is 18.2 Å². The van der Waals surface area contributed by atoms with E-state index in [4.69, 9.17) is 16.0 Å². The van der Waals surface area contributed by atoms with Crippen molar-refractivity contribution in [1.82, 2.24) is 14.7 Å². The van der Waals surface area contributed by atoms with Crippen LogP contribution in [0.15, 0.2) is 59.0 Å². The van der Waals surface area contributed by atoms with Crippen molar-refractivity contribution in [2.24, 2.45) is 5.92 Å². The van der Waals surface area contributed by atoms with Gasteiger partial charge < -0.3 is 14.6 Å². The zero-order valence-corrected chi connectivity index (χ0v) is 19.1. The number of anilines is 1. The number of halogens is 1. The highest BCUT2D eigenvalue weighted by atomic mass is 35.5. The minimum atomic E-state index is -0.202. The summed E-state index contributed by atoms with van der Waals surface area (Å²) in [7, 11) is 0. The van der Waals surface area contributed by atoms with Gasteiger partial charge in [0.2, 0.25) is 11.8 Å². The molecule has 0 atom stereocenters. The van der Waals surface area contributed by atoms with Gasteiger partial charge in [0.15, 0.2) is 5.82 Å². The molecule has 1 aliphatic heterocycles. The molecule has 1 fully saturated rings. The lowest BCUT2D eigenvalue weighted by Crippen LogP contribution is -2.53. The van der Waals surface area contributed by atoms with Crippen molar-refractivity contribution < 1.29 is 14.0 Å². The first kappa shape index (κ1) is 21.3. The van der Waals surface area contributed by atoms with Crippen molar-refractivity contribution in [1.29, 1.82) is 0 Å². The summed E-state index contributed by atoms with van der Waals surface area (Å²) in [5.74, 6) is 0.924. The van der Waals surface area contributed by atoms with Gasteiger partial charge in [0.25, 0.3) is 0 Å². The Morgan fingerprint density at radius 3 is 2.64 bits per heavy atom. The second kappa shape index (κ2) is 8.41. The van der Waals surface area contributed by atoms with E-state index in [1.807, 2.05) is 66.2 Å². The Balaban J connectivity index is 1.37. The fourth-order valence-corrected chi connectivity index (χ4v) is 4.32. The Morgan fingerprint density at radius 1 is 1.15 bits per heavy atom. The highest BCUT2D eigenvalue weighted by Crippen LogP contribution is 2.33. The third-order valence-electron chi connectivity index (χ3n) is 5.97. The maximum atomic E-state index is 12.5. The monoisotopic (exact) mass is 462 g/mol. The molecule has 0 unspecified atom stereocenters. The molecule has 2 aromatic carbocycles. The average Bonchev–Trinajstić information content (AvgIpc) is 3.30. The first-order chi connectivity index (χ1) is 15.9. The molecule has 7 nitrogen and oxygen atoms in total. The van der Waals surface area contributed by atoms with Gasteiger partial charge in [-0.3, -0.25) is 14.3 Å². The molecule has 4 aromatic rings. The average molecular weight is 463 g/mol. The molecule has 1 saturated heterocycles. The fraction of sp³-hybridized carbons (Fsp3) is 0.240. The number of hydrogen-bond acceptors (Lipinski definition) is 4. The van der Waals surface area contributed by atoms with E-state index in [2.05, 4.69) is 10.4 Å². The second-order valence-corrected chi connectivity index (χ2v) is 8.84. The molecule has 0 radical (unpaired) electrons. The van der Waals surface area contributed by atoms with Gasteiger partial charge in [0, 0.05) is 53.3 Å². The normalized spacial score (nSPS) is 13.8. The zero-order valence-electron chi connectivity index (χ0n) is 18.3. The van der Waals surface area contributed by atoms with E-state index in [-0.39, 0.29) is 17.7 Å². The molecule has 5 rings (SSSR count). The summed E-state index contributed by atoms with van der Waals surface area (Å²) in [6, 6.07) is 17.5. The predicted octanol–water partition coefficient (Wildman–Crippen LogP) is 4.72. The number of fused-ring (bicyclic) bond motifs is 1. The molecule has 0 saturated carbocycles. The van der Waals surface area contributed by atoms with Crippen LogP contribution < -0.4 is 5.32 Å². The number of nitrogens with one attached hydrogen (secondary N) is 1. The van der Waals surface area contributed by atoms with Crippen LogP contribution in [0, 0.1) is 12.8 Å². The Bertz CT molecular complexity index is 1350. The van der Waals surface area contributed by atoms with E-state index in [0.717, 1.165) is 33.6 Å². The number of likely N-dealkylation sites (tertiary alicyclic amines) is 1. The highest BCUT2D eigenvalue weighted by Gasteiger charge is 2.34. The molecular weight excluding hydrogens is 440 g/mol. The summed E-state index contributed by atoms with van der Waals surface area (Å²) in [6.45, 7) is 4.78. The van der Waals surface area contributed by atoms with Gasteiger partial charge >= 0.3 is 0 Å². The lowest BCUT2D eigenvalue weighted by molar-refractivity contribution is -0.139. The number of rotatable bonds is 5. The Morgan fingerprint density at radius 2 is 1.91 bits per heavy atom. The van der Waals surface area contributed by atoms with E-state index in [1.165, 1.54) is 6.92 Å². The Labute approximate surface area is 195 Å². The zero-order chi connectivity index (χ0) is 23.1. The van der Waals surface area contributed by atoms with Crippen molar-refractivity contribution >= 4 is 40.2 Å². The molecule has 8 heteroatoms. The standard InChI is InChI=1S/C25H23ClN4O3/c1-15-8-23(27-25(32)20-12-29(13-20)16(2)31)28-30(15)14-19-10-21(26)9-18-11-22(33-24(18)19)17-6-4-3-5-7-17/h3-11,20H,12-14H2,1-2H3,(H,27,28,32). The van der Waals surface area contributed by atoms with Gasteiger partial charge in [-0.15, -0.1) is 0 Å². The van der Waals surface area contributed by atoms with Crippen molar-refractivity contribution in [3.63, 3.8) is 0 Å². The lowest BCUT2D eigenvalue weighted by Gasteiger charge is -2.37. The van der Waals surface area contributed by atoms with Crippen LogP contribution >= 0.6 is 11.6 Å². The van der Waals surface area contributed by atoms with Gasteiger partial charge in [0.1, 0.15) is 11.3 Å². The topological polar surface area (TPSA) is 80.4 Å². The summed E-state index contributed by atoms with van der Waals surface area (Å²) in [6.07, 6.45) is 0. The van der Waals surface area contributed by atoms with E-state index >= 15 is 0 Å². The van der Waals surface area contributed by atoms with E-state index in [1.54, 1.807) is 4.90 Å². The predicted molar refractivity (Wildman–Crippen MR) is 127 cm³/mol. The van der Waals surface area contributed by atoms with Gasteiger partial charge in [-0.2, -0.15) is 5.10 Å². The summed E-state index contributed by atoms with van der Waals surface area (Å²) in [5.41, 5.74) is 3.56. The van der Waals surface area contributed by atoms with Crippen LogP contribution in [0.3, 0.4) is 0 Å². The SMILES string of the molecule is CC(=O)N1CC(C(=O)Nc2cc(C)n(Cc3cc(Cl)cc4cc(-c5ccccc5)oc34)n2)C1. The number of hydrogen-bond donors (Lipinski definition) is 1. The summed E-state index contributed by atoms with van der Waals surface area (Å²) in [5, 5.41) is 8.97. The molecular formula is C25H23ClN4O3. The number of benzene rings is 2. The Hall–Kier alpha value is -3.58. The summed E-state index contributed by atoms with van der Waals surface area (Å²) < 4.78 is 8.02. The number of carbonyl (C=O) groups is 2. The first-order valence-electron chi connectivity index (χ1n) is 10.8. The van der Waals surface area contributed by atoms with E-state index in [0.29, 0.717) is 30.5 Å². The number of amides is 2. The highest BCUT2D eigenvalue weighted by molar-refractivity contribution is 6.31. The molecule has 33 heavy (non-hydrogen) atoms. The molecule has 0 aliphatic carbocycles. The molecule has 1 aliphatic rings. The van der Waals surface area contributed by atoms with Gasteiger partial charge in [-0.1, -0.05) is 41.9 Å². The number of furan rings is 1.